The van der Waals surface area contributed by atoms with E-state index >= 15 is 0 Å². The zero-order valence-electron chi connectivity index (χ0n) is 10.3. The molecule has 3 aromatic rings. The summed E-state index contributed by atoms with van der Waals surface area (Å²) in [6.07, 6.45) is 0. The van der Waals surface area contributed by atoms with Crippen molar-refractivity contribution >= 4 is 33.0 Å². The van der Waals surface area contributed by atoms with Crippen LogP contribution in [0.4, 0.5) is 10.1 Å². The Balaban J connectivity index is 2.07. The summed E-state index contributed by atoms with van der Waals surface area (Å²) in [5.41, 5.74) is 8.68. The minimum absolute atomic E-state index is 0.284. The number of hydrogen-bond donors (Lipinski definition) is 1. The molecule has 0 unspecified atom stereocenters. The molecule has 0 amide bonds. The molecule has 0 atom stereocenters. The lowest BCUT2D eigenvalue weighted by molar-refractivity contribution is 0.630. The smallest absolute Gasteiger partial charge is 0.134 e. The molecule has 5 heteroatoms. The van der Waals surface area contributed by atoms with Crippen molar-refractivity contribution < 1.29 is 4.39 Å². The highest BCUT2D eigenvalue weighted by Crippen LogP contribution is 2.35. The standard InChI is InChI=1S/C15H10BrFN2S/c16-11-5-2-6-12(17)14(11)15-19-13(8-20-15)9-3-1-4-10(18)7-9/h1-8H,18H2. The first-order chi connectivity index (χ1) is 9.65. The lowest BCUT2D eigenvalue weighted by atomic mass is 10.1. The zero-order valence-corrected chi connectivity index (χ0v) is 12.7. The van der Waals surface area contributed by atoms with Crippen molar-refractivity contribution in [3.63, 3.8) is 0 Å². The number of nitrogens with zero attached hydrogens (tertiary/aromatic N) is 1. The molecule has 1 aromatic heterocycles. The van der Waals surface area contributed by atoms with E-state index in [1.165, 1.54) is 17.4 Å². The Morgan fingerprint density at radius 1 is 1.15 bits per heavy atom. The number of rotatable bonds is 2. The van der Waals surface area contributed by atoms with Crippen LogP contribution in [-0.4, -0.2) is 4.98 Å². The number of benzene rings is 2. The quantitative estimate of drug-likeness (QED) is 0.664. The molecule has 0 aliphatic heterocycles. The van der Waals surface area contributed by atoms with Gasteiger partial charge in [-0.15, -0.1) is 11.3 Å². The van der Waals surface area contributed by atoms with Gasteiger partial charge in [-0.3, -0.25) is 0 Å². The molecule has 100 valence electrons. The summed E-state index contributed by atoms with van der Waals surface area (Å²) >= 11 is 4.78. The maximum Gasteiger partial charge on any atom is 0.134 e. The summed E-state index contributed by atoms with van der Waals surface area (Å²) in [5.74, 6) is -0.284. The Labute approximate surface area is 128 Å². The van der Waals surface area contributed by atoms with Crippen LogP contribution in [0.5, 0.6) is 0 Å². The first-order valence-electron chi connectivity index (χ1n) is 5.91. The van der Waals surface area contributed by atoms with Gasteiger partial charge in [0, 0.05) is 21.1 Å². The number of nitrogens with two attached hydrogens (primary N) is 1. The van der Waals surface area contributed by atoms with Gasteiger partial charge in [-0.05, 0) is 40.2 Å². The Bertz CT molecular complexity index is 750. The molecule has 0 aliphatic rings. The van der Waals surface area contributed by atoms with Gasteiger partial charge in [0.25, 0.3) is 0 Å². The number of halogens is 2. The average molecular weight is 349 g/mol. The van der Waals surface area contributed by atoms with Gasteiger partial charge in [-0.2, -0.15) is 0 Å². The Kier molecular flexibility index (Phi) is 3.54. The molecule has 0 saturated carbocycles. The number of hydrogen-bond acceptors (Lipinski definition) is 3. The first-order valence-corrected chi connectivity index (χ1v) is 7.58. The largest absolute Gasteiger partial charge is 0.399 e. The molecule has 0 bridgehead atoms. The molecule has 0 fully saturated rings. The van der Waals surface area contributed by atoms with Crippen molar-refractivity contribution in [2.45, 2.75) is 0 Å². The van der Waals surface area contributed by atoms with Gasteiger partial charge >= 0.3 is 0 Å². The number of nitrogen functional groups attached to an aromatic ring is 1. The fourth-order valence-electron chi connectivity index (χ4n) is 1.92. The summed E-state index contributed by atoms with van der Waals surface area (Å²) in [6, 6.07) is 12.4. The van der Waals surface area contributed by atoms with Crippen LogP contribution in [0.1, 0.15) is 0 Å². The van der Waals surface area contributed by atoms with Crippen LogP contribution < -0.4 is 5.73 Å². The van der Waals surface area contributed by atoms with E-state index in [1.807, 2.05) is 29.6 Å². The van der Waals surface area contributed by atoms with Gasteiger partial charge in [0.2, 0.25) is 0 Å². The maximum atomic E-state index is 13.9. The third-order valence-corrected chi connectivity index (χ3v) is 4.38. The summed E-state index contributed by atoms with van der Waals surface area (Å²) < 4.78 is 14.6. The van der Waals surface area contributed by atoms with E-state index in [9.17, 15) is 4.39 Å². The second-order valence-electron chi connectivity index (χ2n) is 4.26. The second kappa shape index (κ2) is 5.34. The highest BCUT2D eigenvalue weighted by molar-refractivity contribution is 9.10. The predicted molar refractivity (Wildman–Crippen MR) is 85.1 cm³/mol. The van der Waals surface area contributed by atoms with Gasteiger partial charge in [0.15, 0.2) is 0 Å². The molecule has 3 rings (SSSR count). The van der Waals surface area contributed by atoms with Gasteiger partial charge < -0.3 is 5.73 Å². The van der Waals surface area contributed by atoms with Gasteiger partial charge in [-0.25, -0.2) is 9.37 Å². The topological polar surface area (TPSA) is 38.9 Å². The Hall–Kier alpha value is -1.72. The molecule has 0 radical (unpaired) electrons. The predicted octanol–water partition coefficient (Wildman–Crippen LogP) is 4.96. The molecule has 1 heterocycles. The molecular formula is C15H10BrFN2S. The van der Waals surface area contributed by atoms with E-state index in [4.69, 9.17) is 5.73 Å². The molecule has 2 nitrogen and oxygen atoms in total. The molecule has 20 heavy (non-hydrogen) atoms. The van der Waals surface area contributed by atoms with Crippen molar-refractivity contribution in [1.29, 1.82) is 0 Å². The SMILES string of the molecule is Nc1cccc(-c2csc(-c3c(F)cccc3Br)n2)c1. The van der Waals surface area contributed by atoms with Crippen molar-refractivity contribution in [1.82, 2.24) is 4.98 Å². The molecule has 0 spiro atoms. The van der Waals surface area contributed by atoms with Crippen LogP contribution in [0.15, 0.2) is 52.3 Å². The summed E-state index contributed by atoms with van der Waals surface area (Å²) in [5, 5.41) is 2.55. The van der Waals surface area contributed by atoms with Crippen LogP contribution >= 0.6 is 27.3 Å². The van der Waals surface area contributed by atoms with Crippen molar-refractivity contribution in [2.24, 2.45) is 0 Å². The van der Waals surface area contributed by atoms with Crippen molar-refractivity contribution in [3.8, 4) is 21.8 Å². The molecular weight excluding hydrogens is 339 g/mol. The lowest BCUT2D eigenvalue weighted by Gasteiger charge is -2.02. The molecule has 2 N–H and O–H groups in total. The van der Waals surface area contributed by atoms with E-state index in [2.05, 4.69) is 20.9 Å². The maximum absolute atomic E-state index is 13.9. The Morgan fingerprint density at radius 2 is 1.95 bits per heavy atom. The number of anilines is 1. The van der Waals surface area contributed by atoms with E-state index in [0.717, 1.165) is 11.3 Å². The average Bonchev–Trinajstić information content (AvgIpc) is 2.88. The van der Waals surface area contributed by atoms with Crippen LogP contribution in [0.2, 0.25) is 0 Å². The summed E-state index contributed by atoms with van der Waals surface area (Å²) in [7, 11) is 0. The fraction of sp³-hybridized carbons (Fsp3) is 0. The van der Waals surface area contributed by atoms with Gasteiger partial charge in [0.1, 0.15) is 10.8 Å². The van der Waals surface area contributed by atoms with Crippen LogP contribution in [0, 0.1) is 5.82 Å². The highest BCUT2D eigenvalue weighted by Gasteiger charge is 2.13. The van der Waals surface area contributed by atoms with E-state index in [1.54, 1.807) is 12.1 Å². The highest BCUT2D eigenvalue weighted by atomic mass is 79.9. The van der Waals surface area contributed by atoms with Crippen LogP contribution in [0.3, 0.4) is 0 Å². The van der Waals surface area contributed by atoms with Gasteiger partial charge in [-0.1, -0.05) is 18.2 Å². The van der Waals surface area contributed by atoms with Crippen LogP contribution in [0.25, 0.3) is 21.8 Å². The van der Waals surface area contributed by atoms with Crippen LogP contribution in [-0.2, 0) is 0 Å². The normalized spacial score (nSPS) is 10.7. The zero-order chi connectivity index (χ0) is 14.1. The summed E-state index contributed by atoms with van der Waals surface area (Å²) in [4.78, 5) is 4.51. The monoisotopic (exact) mass is 348 g/mol. The third-order valence-electron chi connectivity index (χ3n) is 2.86. The minimum atomic E-state index is -0.284. The van der Waals surface area contributed by atoms with Crippen molar-refractivity contribution in [3.05, 3.63) is 58.1 Å². The fourth-order valence-corrected chi connectivity index (χ4v) is 3.47. The third kappa shape index (κ3) is 2.46. The lowest BCUT2D eigenvalue weighted by Crippen LogP contribution is -1.87. The Morgan fingerprint density at radius 3 is 2.70 bits per heavy atom. The van der Waals surface area contributed by atoms with E-state index in [-0.39, 0.29) is 5.82 Å². The molecule has 0 aliphatic carbocycles. The molecule has 2 aromatic carbocycles. The number of aromatic nitrogens is 1. The summed E-state index contributed by atoms with van der Waals surface area (Å²) in [6.45, 7) is 0. The van der Waals surface area contributed by atoms with E-state index < -0.39 is 0 Å². The number of thiazole rings is 1. The van der Waals surface area contributed by atoms with E-state index in [0.29, 0.717) is 20.7 Å². The van der Waals surface area contributed by atoms with Crippen molar-refractivity contribution in [2.75, 3.05) is 5.73 Å². The van der Waals surface area contributed by atoms with Gasteiger partial charge in [0.05, 0.1) is 11.3 Å². The molecule has 0 saturated heterocycles. The second-order valence-corrected chi connectivity index (χ2v) is 5.97. The first kappa shape index (κ1) is 13.3. The minimum Gasteiger partial charge on any atom is -0.399 e.